The number of piperidine rings is 1. The Morgan fingerprint density at radius 3 is 3.00 bits per heavy atom. The topological polar surface area (TPSA) is 59.6 Å². The van der Waals surface area contributed by atoms with Gasteiger partial charge in [-0.2, -0.15) is 0 Å². The molecular formula is C14H18N2O3. The first-order chi connectivity index (χ1) is 9.22. The van der Waals surface area contributed by atoms with Gasteiger partial charge in [-0.05, 0) is 31.5 Å². The minimum Gasteiger partial charge on any atom is -0.497 e. The van der Waals surface area contributed by atoms with Crippen LogP contribution in [0.5, 0.6) is 11.5 Å². The molecule has 2 heterocycles. The number of rotatable bonds is 1. The molecule has 1 saturated heterocycles. The molecule has 1 aromatic carbocycles. The molecule has 1 amide bonds. The second-order valence-electron chi connectivity index (χ2n) is 5.11. The standard InChI is InChI=1S/C14H18N2O3/c1-18-10-3-4-11-12(7-10)19-14(9-16-13(11)17)5-2-6-15-8-14/h3-4,7,15H,2,5-6,8-9H2,1H3,(H,16,17)/t14-/m0/s1. The maximum absolute atomic E-state index is 12.1. The Hall–Kier alpha value is -1.75. The molecule has 19 heavy (non-hydrogen) atoms. The first kappa shape index (κ1) is 12.3. The molecular weight excluding hydrogens is 244 g/mol. The second kappa shape index (κ2) is 4.74. The van der Waals surface area contributed by atoms with Crippen LogP contribution >= 0.6 is 0 Å². The van der Waals surface area contributed by atoms with Gasteiger partial charge in [0.2, 0.25) is 0 Å². The minimum atomic E-state index is -0.342. The van der Waals surface area contributed by atoms with Crippen LogP contribution in [0.1, 0.15) is 23.2 Å². The Labute approximate surface area is 112 Å². The van der Waals surface area contributed by atoms with Crippen LogP contribution in [-0.2, 0) is 0 Å². The summed E-state index contributed by atoms with van der Waals surface area (Å²) in [5.74, 6) is 1.23. The highest BCUT2D eigenvalue weighted by molar-refractivity contribution is 5.97. The van der Waals surface area contributed by atoms with Gasteiger partial charge in [-0.1, -0.05) is 0 Å². The molecule has 0 radical (unpaired) electrons. The van der Waals surface area contributed by atoms with E-state index in [0.717, 1.165) is 25.9 Å². The zero-order valence-electron chi connectivity index (χ0n) is 11.0. The number of hydrogen-bond acceptors (Lipinski definition) is 4. The third-order valence-corrected chi connectivity index (χ3v) is 3.76. The van der Waals surface area contributed by atoms with E-state index in [0.29, 0.717) is 23.6 Å². The number of hydrogen-bond donors (Lipinski definition) is 2. The number of carbonyl (C=O) groups is 1. The Morgan fingerprint density at radius 2 is 2.26 bits per heavy atom. The van der Waals surface area contributed by atoms with Gasteiger partial charge in [0.1, 0.15) is 17.1 Å². The van der Waals surface area contributed by atoms with Crippen molar-refractivity contribution in [3.8, 4) is 11.5 Å². The second-order valence-corrected chi connectivity index (χ2v) is 5.11. The van der Waals surface area contributed by atoms with Crippen molar-refractivity contribution in [2.45, 2.75) is 18.4 Å². The zero-order valence-corrected chi connectivity index (χ0v) is 11.0. The largest absolute Gasteiger partial charge is 0.497 e. The number of nitrogens with one attached hydrogen (secondary N) is 2. The molecule has 0 bridgehead atoms. The van der Waals surface area contributed by atoms with Crippen LogP contribution in [0.15, 0.2) is 18.2 Å². The molecule has 1 atom stereocenters. The van der Waals surface area contributed by atoms with E-state index in [2.05, 4.69) is 10.6 Å². The number of benzene rings is 1. The Morgan fingerprint density at radius 1 is 1.37 bits per heavy atom. The third-order valence-electron chi connectivity index (χ3n) is 3.76. The lowest BCUT2D eigenvalue weighted by molar-refractivity contribution is 0.0469. The fourth-order valence-corrected chi connectivity index (χ4v) is 2.69. The van der Waals surface area contributed by atoms with E-state index in [1.165, 1.54) is 0 Å². The first-order valence-electron chi connectivity index (χ1n) is 6.58. The zero-order chi connectivity index (χ0) is 13.3. The number of carbonyl (C=O) groups excluding carboxylic acids is 1. The monoisotopic (exact) mass is 262 g/mol. The van der Waals surface area contributed by atoms with Crippen molar-refractivity contribution in [1.82, 2.24) is 10.6 Å². The molecule has 1 fully saturated rings. The first-order valence-corrected chi connectivity index (χ1v) is 6.58. The minimum absolute atomic E-state index is 0.0832. The molecule has 2 aliphatic heterocycles. The molecule has 5 heteroatoms. The summed E-state index contributed by atoms with van der Waals surface area (Å²) in [7, 11) is 1.61. The highest BCUT2D eigenvalue weighted by Crippen LogP contribution is 2.32. The smallest absolute Gasteiger partial charge is 0.255 e. The van der Waals surface area contributed by atoms with E-state index in [1.807, 2.05) is 0 Å². The van der Waals surface area contributed by atoms with Crippen LogP contribution in [0, 0.1) is 0 Å². The van der Waals surface area contributed by atoms with Crippen LogP contribution in [0.2, 0.25) is 0 Å². The lowest BCUT2D eigenvalue weighted by Crippen LogP contribution is -2.55. The van der Waals surface area contributed by atoms with Crippen molar-refractivity contribution in [3.63, 3.8) is 0 Å². The Balaban J connectivity index is 1.98. The van der Waals surface area contributed by atoms with E-state index in [1.54, 1.807) is 25.3 Å². The number of ether oxygens (including phenoxy) is 2. The van der Waals surface area contributed by atoms with Crippen molar-refractivity contribution < 1.29 is 14.3 Å². The molecule has 3 rings (SSSR count). The van der Waals surface area contributed by atoms with Crippen LogP contribution < -0.4 is 20.1 Å². The predicted molar refractivity (Wildman–Crippen MR) is 70.8 cm³/mol. The van der Waals surface area contributed by atoms with Crippen molar-refractivity contribution >= 4 is 5.91 Å². The van der Waals surface area contributed by atoms with Crippen molar-refractivity contribution in [2.24, 2.45) is 0 Å². The summed E-state index contributed by atoms with van der Waals surface area (Å²) in [5.41, 5.74) is 0.231. The SMILES string of the molecule is COc1ccc2c(c1)O[C@]1(CCCNC1)CNC2=O. The lowest BCUT2D eigenvalue weighted by Gasteiger charge is -2.36. The van der Waals surface area contributed by atoms with E-state index < -0.39 is 0 Å². The summed E-state index contributed by atoms with van der Waals surface area (Å²) in [6.07, 6.45) is 1.99. The number of fused-ring (bicyclic) bond motifs is 1. The van der Waals surface area contributed by atoms with Gasteiger partial charge in [-0.25, -0.2) is 0 Å². The average molecular weight is 262 g/mol. The van der Waals surface area contributed by atoms with Crippen molar-refractivity contribution in [2.75, 3.05) is 26.7 Å². The highest BCUT2D eigenvalue weighted by atomic mass is 16.5. The van der Waals surface area contributed by atoms with E-state index in [9.17, 15) is 4.79 Å². The normalized spacial score (nSPS) is 26.1. The van der Waals surface area contributed by atoms with Crippen LogP contribution in [0.4, 0.5) is 0 Å². The molecule has 1 spiro atoms. The summed E-state index contributed by atoms with van der Waals surface area (Å²) in [6.45, 7) is 2.30. The van der Waals surface area contributed by atoms with Gasteiger partial charge in [0.25, 0.3) is 5.91 Å². The van der Waals surface area contributed by atoms with Crippen molar-refractivity contribution in [3.05, 3.63) is 23.8 Å². The highest BCUT2D eigenvalue weighted by Gasteiger charge is 2.38. The molecule has 102 valence electrons. The van der Waals surface area contributed by atoms with E-state index in [4.69, 9.17) is 9.47 Å². The molecule has 0 aromatic heterocycles. The Kier molecular flexibility index (Phi) is 3.06. The van der Waals surface area contributed by atoms with Gasteiger partial charge in [-0.15, -0.1) is 0 Å². The number of amides is 1. The van der Waals surface area contributed by atoms with Crippen LogP contribution in [0.3, 0.4) is 0 Å². The summed E-state index contributed by atoms with van der Waals surface area (Å²) in [6, 6.07) is 5.31. The molecule has 5 nitrogen and oxygen atoms in total. The third kappa shape index (κ3) is 2.26. The fraction of sp³-hybridized carbons (Fsp3) is 0.500. The Bertz CT molecular complexity index is 495. The van der Waals surface area contributed by atoms with Crippen LogP contribution in [0.25, 0.3) is 0 Å². The summed E-state index contributed by atoms with van der Waals surface area (Å²) >= 11 is 0. The van der Waals surface area contributed by atoms with E-state index in [-0.39, 0.29) is 11.5 Å². The molecule has 0 unspecified atom stereocenters. The van der Waals surface area contributed by atoms with Crippen LogP contribution in [-0.4, -0.2) is 38.3 Å². The van der Waals surface area contributed by atoms with Gasteiger partial charge < -0.3 is 20.1 Å². The van der Waals surface area contributed by atoms with Crippen molar-refractivity contribution in [1.29, 1.82) is 0 Å². The summed E-state index contributed by atoms with van der Waals surface area (Å²) < 4.78 is 11.4. The summed E-state index contributed by atoms with van der Waals surface area (Å²) in [5, 5.41) is 6.29. The maximum Gasteiger partial charge on any atom is 0.255 e. The molecule has 0 saturated carbocycles. The predicted octanol–water partition coefficient (Wildman–Crippen LogP) is 0.940. The van der Waals surface area contributed by atoms with Gasteiger partial charge in [0, 0.05) is 12.6 Å². The molecule has 2 N–H and O–H groups in total. The number of methoxy groups -OCH3 is 1. The van der Waals surface area contributed by atoms with Gasteiger partial charge >= 0.3 is 0 Å². The molecule has 2 aliphatic rings. The average Bonchev–Trinajstić information content (AvgIpc) is 2.57. The van der Waals surface area contributed by atoms with E-state index >= 15 is 0 Å². The van der Waals surface area contributed by atoms with Gasteiger partial charge in [0.05, 0.1) is 19.2 Å². The van der Waals surface area contributed by atoms with Gasteiger partial charge in [-0.3, -0.25) is 4.79 Å². The lowest BCUT2D eigenvalue weighted by atomic mass is 9.94. The summed E-state index contributed by atoms with van der Waals surface area (Å²) in [4.78, 5) is 12.1. The molecule has 1 aromatic rings. The molecule has 0 aliphatic carbocycles. The quantitative estimate of drug-likeness (QED) is 0.791. The fourth-order valence-electron chi connectivity index (χ4n) is 2.69. The maximum atomic E-state index is 12.1. The van der Waals surface area contributed by atoms with Gasteiger partial charge in [0.15, 0.2) is 0 Å².